The van der Waals surface area contributed by atoms with E-state index in [0.717, 1.165) is 11.1 Å². The SMILES string of the molecule is Cc1c(N)cccc1/C(N)=N/OC(=O)CCc1ccccc1. The molecule has 0 fully saturated rings. The maximum absolute atomic E-state index is 11.7. The average molecular weight is 297 g/mol. The van der Waals surface area contributed by atoms with E-state index in [1.165, 1.54) is 0 Å². The van der Waals surface area contributed by atoms with E-state index >= 15 is 0 Å². The van der Waals surface area contributed by atoms with E-state index in [1.54, 1.807) is 18.2 Å². The smallest absolute Gasteiger partial charge is 0.335 e. The van der Waals surface area contributed by atoms with Crippen LogP contribution in [0.1, 0.15) is 23.1 Å². The van der Waals surface area contributed by atoms with Gasteiger partial charge in [0.25, 0.3) is 0 Å². The molecule has 2 aromatic carbocycles. The summed E-state index contributed by atoms with van der Waals surface area (Å²) >= 11 is 0. The van der Waals surface area contributed by atoms with Gasteiger partial charge in [0.1, 0.15) is 0 Å². The Balaban J connectivity index is 1.93. The number of nitrogens with zero attached hydrogens (tertiary/aromatic N) is 1. The highest BCUT2D eigenvalue weighted by Gasteiger charge is 2.08. The number of anilines is 1. The van der Waals surface area contributed by atoms with Crippen molar-refractivity contribution < 1.29 is 9.63 Å². The van der Waals surface area contributed by atoms with Gasteiger partial charge in [-0.25, -0.2) is 4.79 Å². The van der Waals surface area contributed by atoms with Crippen molar-refractivity contribution in [3.05, 3.63) is 65.2 Å². The molecule has 0 radical (unpaired) electrons. The number of nitrogen functional groups attached to an aromatic ring is 1. The molecule has 0 bridgehead atoms. The number of carbonyl (C=O) groups is 1. The summed E-state index contributed by atoms with van der Waals surface area (Å²) < 4.78 is 0. The van der Waals surface area contributed by atoms with Crippen molar-refractivity contribution in [1.29, 1.82) is 0 Å². The fourth-order valence-electron chi connectivity index (χ4n) is 2.02. The highest BCUT2D eigenvalue weighted by atomic mass is 16.7. The lowest BCUT2D eigenvalue weighted by molar-refractivity contribution is -0.143. The average Bonchev–Trinajstić information content (AvgIpc) is 2.54. The second-order valence-corrected chi connectivity index (χ2v) is 4.95. The molecule has 0 unspecified atom stereocenters. The van der Waals surface area contributed by atoms with Crippen LogP contribution in [0.5, 0.6) is 0 Å². The van der Waals surface area contributed by atoms with Crippen molar-refractivity contribution in [3.8, 4) is 0 Å². The quantitative estimate of drug-likeness (QED) is 0.291. The Morgan fingerprint density at radius 1 is 1.14 bits per heavy atom. The molecule has 0 atom stereocenters. The maximum Gasteiger partial charge on any atom is 0.335 e. The van der Waals surface area contributed by atoms with E-state index in [0.29, 0.717) is 17.7 Å². The van der Waals surface area contributed by atoms with Crippen molar-refractivity contribution in [3.63, 3.8) is 0 Å². The predicted octanol–water partition coefficient (Wildman–Crippen LogP) is 2.37. The summed E-state index contributed by atoms with van der Waals surface area (Å²) in [5.41, 5.74) is 14.8. The monoisotopic (exact) mass is 297 g/mol. The number of nitrogens with two attached hydrogens (primary N) is 2. The zero-order valence-electron chi connectivity index (χ0n) is 12.5. The predicted molar refractivity (Wildman–Crippen MR) is 87.2 cm³/mol. The second-order valence-electron chi connectivity index (χ2n) is 4.95. The zero-order chi connectivity index (χ0) is 15.9. The van der Waals surface area contributed by atoms with Crippen LogP contribution in [-0.2, 0) is 16.1 Å². The van der Waals surface area contributed by atoms with Gasteiger partial charge < -0.3 is 16.3 Å². The van der Waals surface area contributed by atoms with E-state index in [1.807, 2.05) is 37.3 Å². The van der Waals surface area contributed by atoms with Gasteiger partial charge >= 0.3 is 5.97 Å². The van der Waals surface area contributed by atoms with Gasteiger partial charge in [-0.2, -0.15) is 0 Å². The Kier molecular flexibility index (Phi) is 5.14. The van der Waals surface area contributed by atoms with Crippen LogP contribution in [0.25, 0.3) is 0 Å². The van der Waals surface area contributed by atoms with Crippen molar-refractivity contribution in [2.45, 2.75) is 19.8 Å². The van der Waals surface area contributed by atoms with E-state index in [4.69, 9.17) is 16.3 Å². The molecule has 5 nitrogen and oxygen atoms in total. The molecular weight excluding hydrogens is 278 g/mol. The Bertz CT molecular complexity index is 682. The fourth-order valence-corrected chi connectivity index (χ4v) is 2.02. The van der Waals surface area contributed by atoms with Crippen molar-refractivity contribution in [1.82, 2.24) is 0 Å². The molecule has 0 spiro atoms. The number of benzene rings is 2. The summed E-state index contributed by atoms with van der Waals surface area (Å²) in [6.07, 6.45) is 0.850. The van der Waals surface area contributed by atoms with Gasteiger partial charge in [-0.05, 0) is 30.5 Å². The Hall–Kier alpha value is -2.82. The van der Waals surface area contributed by atoms with Crippen LogP contribution >= 0.6 is 0 Å². The van der Waals surface area contributed by atoms with Crippen molar-refractivity contribution >= 4 is 17.5 Å². The van der Waals surface area contributed by atoms with E-state index in [2.05, 4.69) is 5.16 Å². The molecule has 4 N–H and O–H groups in total. The van der Waals surface area contributed by atoms with Crippen molar-refractivity contribution in [2.75, 3.05) is 5.73 Å². The van der Waals surface area contributed by atoms with Crippen LogP contribution < -0.4 is 11.5 Å². The highest BCUT2D eigenvalue weighted by molar-refractivity contribution is 5.99. The topological polar surface area (TPSA) is 90.7 Å². The molecule has 0 aromatic heterocycles. The van der Waals surface area contributed by atoms with Crippen LogP contribution in [-0.4, -0.2) is 11.8 Å². The number of oxime groups is 1. The molecule has 0 aliphatic heterocycles. The standard InChI is InChI=1S/C17H19N3O2/c1-12-14(8-5-9-15(12)18)17(19)20-22-16(21)11-10-13-6-3-2-4-7-13/h2-9H,10-11,18H2,1H3,(H2,19,20). The lowest BCUT2D eigenvalue weighted by Crippen LogP contribution is -2.17. The summed E-state index contributed by atoms with van der Waals surface area (Å²) in [6, 6.07) is 15.0. The van der Waals surface area contributed by atoms with Crippen LogP contribution in [0.4, 0.5) is 5.69 Å². The molecule has 0 heterocycles. The minimum absolute atomic E-state index is 0.137. The van der Waals surface area contributed by atoms with Gasteiger partial charge in [0, 0.05) is 11.3 Å². The van der Waals surface area contributed by atoms with Gasteiger partial charge in [-0.3, -0.25) is 0 Å². The summed E-state index contributed by atoms with van der Waals surface area (Å²) in [7, 11) is 0. The highest BCUT2D eigenvalue weighted by Crippen LogP contribution is 2.15. The molecule has 22 heavy (non-hydrogen) atoms. The summed E-state index contributed by atoms with van der Waals surface area (Å²) in [4.78, 5) is 16.6. The lowest BCUT2D eigenvalue weighted by Gasteiger charge is -2.07. The largest absolute Gasteiger partial charge is 0.398 e. The third-order valence-electron chi connectivity index (χ3n) is 3.36. The van der Waals surface area contributed by atoms with Crippen LogP contribution in [0.3, 0.4) is 0 Å². The number of hydrogen-bond acceptors (Lipinski definition) is 4. The maximum atomic E-state index is 11.7. The number of amidine groups is 1. The molecular formula is C17H19N3O2. The molecule has 0 aliphatic rings. The second kappa shape index (κ2) is 7.26. The molecule has 114 valence electrons. The van der Waals surface area contributed by atoms with Gasteiger partial charge in [0.05, 0.1) is 6.42 Å². The normalized spacial score (nSPS) is 11.2. The first-order chi connectivity index (χ1) is 10.6. The molecule has 0 aliphatic carbocycles. The summed E-state index contributed by atoms with van der Waals surface area (Å²) in [5.74, 6) is -0.286. The molecule has 2 rings (SSSR count). The first-order valence-corrected chi connectivity index (χ1v) is 7.00. The van der Waals surface area contributed by atoms with Crippen molar-refractivity contribution in [2.24, 2.45) is 10.9 Å². The van der Waals surface area contributed by atoms with Gasteiger partial charge in [-0.1, -0.05) is 47.6 Å². The minimum Gasteiger partial charge on any atom is -0.398 e. The van der Waals surface area contributed by atoms with E-state index in [9.17, 15) is 4.79 Å². The zero-order valence-corrected chi connectivity index (χ0v) is 12.5. The molecule has 2 aromatic rings. The third kappa shape index (κ3) is 4.09. The number of rotatable bonds is 5. The minimum atomic E-state index is -0.423. The molecule has 0 saturated heterocycles. The number of carbonyl (C=O) groups excluding carboxylic acids is 1. The van der Waals surface area contributed by atoms with Gasteiger partial charge in [-0.15, -0.1) is 0 Å². The first-order valence-electron chi connectivity index (χ1n) is 7.00. The fraction of sp³-hybridized carbons (Fsp3) is 0.176. The van der Waals surface area contributed by atoms with Crippen LogP contribution in [0, 0.1) is 6.92 Å². The van der Waals surface area contributed by atoms with E-state index < -0.39 is 5.97 Å². The Morgan fingerprint density at radius 2 is 1.86 bits per heavy atom. The summed E-state index contributed by atoms with van der Waals surface area (Å²) in [6.45, 7) is 1.84. The van der Waals surface area contributed by atoms with Crippen LogP contribution in [0.2, 0.25) is 0 Å². The van der Waals surface area contributed by atoms with Gasteiger partial charge in [0.2, 0.25) is 0 Å². The molecule has 5 heteroatoms. The Labute approximate surface area is 129 Å². The molecule has 0 saturated carbocycles. The third-order valence-corrected chi connectivity index (χ3v) is 3.36. The lowest BCUT2D eigenvalue weighted by atomic mass is 10.1. The van der Waals surface area contributed by atoms with Gasteiger partial charge in [0.15, 0.2) is 5.84 Å². The number of aryl methyl sites for hydroxylation is 1. The Morgan fingerprint density at radius 3 is 2.59 bits per heavy atom. The van der Waals surface area contributed by atoms with E-state index in [-0.39, 0.29) is 12.3 Å². The number of hydrogen-bond donors (Lipinski definition) is 2. The van der Waals surface area contributed by atoms with Crippen LogP contribution in [0.15, 0.2) is 53.7 Å². The molecule has 0 amide bonds. The first kappa shape index (κ1) is 15.6. The summed E-state index contributed by atoms with van der Waals surface area (Å²) in [5, 5.41) is 3.70.